The highest BCUT2D eigenvalue weighted by Crippen LogP contribution is 2.64. The van der Waals surface area contributed by atoms with Gasteiger partial charge in [0.15, 0.2) is 0 Å². The summed E-state index contributed by atoms with van der Waals surface area (Å²) in [4.78, 5) is 12.3. The maximum atomic E-state index is 12.3. The minimum atomic E-state index is -1.04. The number of aliphatic hydroxyl groups excluding tert-OH is 2. The van der Waals surface area contributed by atoms with Crippen LogP contribution in [0.5, 0.6) is 0 Å². The number of fused-ring (bicyclic) bond motifs is 4. The van der Waals surface area contributed by atoms with Crippen molar-refractivity contribution in [3.63, 3.8) is 0 Å². The molecule has 0 heterocycles. The summed E-state index contributed by atoms with van der Waals surface area (Å²) in [6.07, 6.45) is 11.2. The third-order valence-electron chi connectivity index (χ3n) is 11.6. The van der Waals surface area contributed by atoms with Gasteiger partial charge in [-0.1, -0.05) is 20.8 Å². The summed E-state index contributed by atoms with van der Waals surface area (Å²) in [6, 6.07) is 0. The van der Waals surface area contributed by atoms with Crippen LogP contribution in [0.4, 0.5) is 0 Å². The molecule has 4 rings (SSSR count). The second kappa shape index (κ2) is 9.21. The van der Waals surface area contributed by atoms with Crippen molar-refractivity contribution in [1.82, 2.24) is 0 Å². The van der Waals surface area contributed by atoms with Gasteiger partial charge in [-0.25, -0.2) is 0 Å². The molecule has 33 heavy (non-hydrogen) atoms. The zero-order valence-corrected chi connectivity index (χ0v) is 21.9. The van der Waals surface area contributed by atoms with Crippen LogP contribution in [-0.4, -0.2) is 38.9 Å². The predicted octanol–water partition coefficient (Wildman–Crippen LogP) is 5.51. The Bertz CT molecular complexity index is 713. The fraction of sp³-hybridized carbons (Fsp3) is 0.966. The first-order valence-electron chi connectivity index (χ1n) is 14.0. The SMILES string of the molecule is C[C@H](CCC(O)C(C)(C)O)C1CC[C@H]2CC3C(O)CCC4CC(=O)CCC4(C)C3CCC12C. The molecule has 4 fully saturated rings. The molecule has 4 heteroatoms. The Kier molecular flexibility index (Phi) is 7.15. The number of carbonyl (C=O) groups excluding carboxylic acids is 1. The molecule has 4 saturated carbocycles. The summed E-state index contributed by atoms with van der Waals surface area (Å²) >= 11 is 0. The first kappa shape index (κ1) is 25.6. The molecule has 0 aromatic rings. The van der Waals surface area contributed by atoms with E-state index in [2.05, 4.69) is 20.8 Å². The lowest BCUT2D eigenvalue weighted by atomic mass is 9.57. The number of carbonyl (C=O) groups is 1. The van der Waals surface area contributed by atoms with Crippen molar-refractivity contribution in [3.05, 3.63) is 0 Å². The number of aliphatic hydroxyl groups is 3. The average molecular weight is 463 g/mol. The predicted molar refractivity (Wildman–Crippen MR) is 132 cm³/mol. The highest BCUT2D eigenvalue weighted by Gasteiger charge is 2.57. The van der Waals surface area contributed by atoms with Gasteiger partial charge in [-0.05, 0) is 124 Å². The van der Waals surface area contributed by atoms with Crippen LogP contribution in [-0.2, 0) is 4.79 Å². The van der Waals surface area contributed by atoms with E-state index in [0.29, 0.717) is 53.1 Å². The summed E-state index contributed by atoms with van der Waals surface area (Å²) in [5.41, 5.74) is -0.549. The van der Waals surface area contributed by atoms with Crippen molar-refractivity contribution in [2.75, 3.05) is 0 Å². The molecular formula is C29H50O4. The van der Waals surface area contributed by atoms with E-state index in [1.54, 1.807) is 13.8 Å². The molecule has 4 nitrogen and oxygen atoms in total. The monoisotopic (exact) mass is 462 g/mol. The van der Waals surface area contributed by atoms with E-state index in [0.717, 1.165) is 44.9 Å². The molecule has 190 valence electrons. The van der Waals surface area contributed by atoms with Crippen LogP contribution in [0.2, 0.25) is 0 Å². The second-order valence-electron chi connectivity index (χ2n) is 13.7. The Morgan fingerprint density at radius 1 is 1.00 bits per heavy atom. The molecule has 4 aliphatic carbocycles. The summed E-state index contributed by atoms with van der Waals surface area (Å²) in [5, 5.41) is 31.8. The van der Waals surface area contributed by atoms with Crippen LogP contribution in [0.15, 0.2) is 0 Å². The van der Waals surface area contributed by atoms with Crippen LogP contribution in [0.25, 0.3) is 0 Å². The standard InChI is InChI=1S/C29H50O4/c1-18(6-11-26(32)27(2,3)33)23-9-7-20-17-22-24(13-15-28(20,23)4)29(5)14-12-21(30)16-19(29)8-10-25(22)31/h18-20,22-26,31-33H,6-17H2,1-5H3/t18-,19?,20+,22?,23?,24?,25?,26?,28?,29?/m1/s1. The highest BCUT2D eigenvalue weighted by molar-refractivity contribution is 5.79. The number of rotatable bonds is 5. The molecule has 0 saturated heterocycles. The summed E-state index contributed by atoms with van der Waals surface area (Å²) in [7, 11) is 0. The smallest absolute Gasteiger partial charge is 0.133 e. The number of ketones is 1. The first-order chi connectivity index (χ1) is 15.4. The van der Waals surface area contributed by atoms with Gasteiger partial charge in [0.05, 0.1) is 17.8 Å². The van der Waals surface area contributed by atoms with Gasteiger partial charge in [-0.3, -0.25) is 4.79 Å². The fourth-order valence-electron chi connectivity index (χ4n) is 9.18. The van der Waals surface area contributed by atoms with Crippen molar-refractivity contribution in [2.45, 2.75) is 129 Å². The van der Waals surface area contributed by atoms with E-state index >= 15 is 0 Å². The second-order valence-corrected chi connectivity index (χ2v) is 13.7. The molecule has 0 bridgehead atoms. The van der Waals surface area contributed by atoms with Gasteiger partial charge < -0.3 is 15.3 Å². The maximum Gasteiger partial charge on any atom is 0.133 e. The van der Waals surface area contributed by atoms with Crippen molar-refractivity contribution >= 4 is 5.78 Å². The van der Waals surface area contributed by atoms with Gasteiger partial charge in [0, 0.05) is 12.8 Å². The summed E-state index contributed by atoms with van der Waals surface area (Å²) < 4.78 is 0. The Labute approximate surface area is 201 Å². The van der Waals surface area contributed by atoms with Gasteiger partial charge >= 0.3 is 0 Å². The number of hydrogen-bond acceptors (Lipinski definition) is 4. The summed E-state index contributed by atoms with van der Waals surface area (Å²) in [5.74, 6) is 3.64. The molecule has 0 aromatic heterocycles. The molecule has 10 atom stereocenters. The van der Waals surface area contributed by atoms with Crippen LogP contribution in [0, 0.1) is 46.3 Å². The van der Waals surface area contributed by atoms with E-state index in [4.69, 9.17) is 0 Å². The van der Waals surface area contributed by atoms with E-state index in [1.807, 2.05) is 0 Å². The molecule has 0 aliphatic heterocycles. The Morgan fingerprint density at radius 3 is 2.39 bits per heavy atom. The largest absolute Gasteiger partial charge is 0.393 e. The molecule has 3 N–H and O–H groups in total. The van der Waals surface area contributed by atoms with Gasteiger partial charge in [-0.2, -0.15) is 0 Å². The highest BCUT2D eigenvalue weighted by atomic mass is 16.3. The van der Waals surface area contributed by atoms with Gasteiger partial charge in [0.25, 0.3) is 0 Å². The first-order valence-corrected chi connectivity index (χ1v) is 14.0. The Balaban J connectivity index is 1.52. The normalized spacial score (nSPS) is 45.9. The minimum Gasteiger partial charge on any atom is -0.393 e. The van der Waals surface area contributed by atoms with Crippen molar-refractivity contribution < 1.29 is 20.1 Å². The molecule has 0 amide bonds. The lowest BCUT2D eigenvalue weighted by Crippen LogP contribution is -2.43. The number of hydrogen-bond donors (Lipinski definition) is 3. The zero-order chi connectivity index (χ0) is 24.2. The molecule has 0 spiro atoms. The maximum absolute atomic E-state index is 12.3. The van der Waals surface area contributed by atoms with Crippen LogP contribution in [0.3, 0.4) is 0 Å². The van der Waals surface area contributed by atoms with E-state index < -0.39 is 11.7 Å². The Morgan fingerprint density at radius 2 is 1.70 bits per heavy atom. The van der Waals surface area contributed by atoms with Gasteiger partial charge in [-0.15, -0.1) is 0 Å². The molecule has 8 unspecified atom stereocenters. The molecule has 4 aliphatic rings. The van der Waals surface area contributed by atoms with E-state index in [-0.39, 0.29) is 11.5 Å². The van der Waals surface area contributed by atoms with Crippen molar-refractivity contribution in [2.24, 2.45) is 46.3 Å². The van der Waals surface area contributed by atoms with Crippen molar-refractivity contribution in [1.29, 1.82) is 0 Å². The van der Waals surface area contributed by atoms with Crippen molar-refractivity contribution in [3.8, 4) is 0 Å². The van der Waals surface area contributed by atoms with Gasteiger partial charge in [0.1, 0.15) is 5.78 Å². The quantitative estimate of drug-likeness (QED) is 0.503. The zero-order valence-electron chi connectivity index (χ0n) is 21.9. The summed E-state index contributed by atoms with van der Waals surface area (Å²) in [6.45, 7) is 10.7. The topological polar surface area (TPSA) is 77.8 Å². The lowest BCUT2D eigenvalue weighted by Gasteiger charge is -2.48. The molecule has 0 aromatic carbocycles. The van der Waals surface area contributed by atoms with E-state index in [9.17, 15) is 20.1 Å². The van der Waals surface area contributed by atoms with Crippen LogP contribution in [0.1, 0.15) is 112 Å². The Hall–Kier alpha value is -0.450. The fourth-order valence-corrected chi connectivity index (χ4v) is 9.18. The molecule has 0 radical (unpaired) electrons. The van der Waals surface area contributed by atoms with Gasteiger partial charge in [0.2, 0.25) is 0 Å². The lowest BCUT2D eigenvalue weighted by molar-refractivity contribution is -0.127. The third-order valence-corrected chi connectivity index (χ3v) is 11.6. The van der Waals surface area contributed by atoms with E-state index in [1.165, 1.54) is 25.7 Å². The molecular weight excluding hydrogens is 412 g/mol. The number of Topliss-reactive ketones (excluding diaryl/α,β-unsaturated/α-hetero) is 1. The van der Waals surface area contributed by atoms with Crippen LogP contribution >= 0.6 is 0 Å². The third kappa shape index (κ3) is 4.70. The van der Waals surface area contributed by atoms with Crippen LogP contribution < -0.4 is 0 Å². The average Bonchev–Trinajstić information content (AvgIpc) is 2.91. The minimum absolute atomic E-state index is 0.197.